The van der Waals surface area contributed by atoms with Crippen molar-refractivity contribution >= 4 is 28.1 Å². The van der Waals surface area contributed by atoms with Gasteiger partial charge in [0.25, 0.3) is 0 Å². The molecule has 10 rings (SSSR count). The standard InChI is InChI=1S/C56H39N3/c1-6-18-40(19-7-1)44-24-16-26-46(38-44)51-36-37-52(47-27-17-25-45(39-47)41-20-8-2-9-21-41)56-55(51)57-53(42-22-10-3-11-23-42)54(58-56)43-32-34-50(35-33-43)59(48-28-12-4-13-29-48)49-30-14-5-15-31-49/h1-39H. The largest absolute Gasteiger partial charge is 0.311 e. The van der Waals surface area contributed by atoms with Gasteiger partial charge in [0.05, 0.1) is 22.4 Å². The van der Waals surface area contributed by atoms with Crippen LogP contribution >= 0.6 is 0 Å². The van der Waals surface area contributed by atoms with Gasteiger partial charge in [0.1, 0.15) is 0 Å². The van der Waals surface area contributed by atoms with Crippen molar-refractivity contribution in [3.63, 3.8) is 0 Å². The van der Waals surface area contributed by atoms with Gasteiger partial charge in [0.15, 0.2) is 0 Å². The zero-order valence-electron chi connectivity index (χ0n) is 32.4. The van der Waals surface area contributed by atoms with E-state index in [4.69, 9.17) is 9.97 Å². The highest BCUT2D eigenvalue weighted by molar-refractivity contribution is 6.03. The molecule has 0 aliphatic rings. The van der Waals surface area contributed by atoms with Gasteiger partial charge in [0.2, 0.25) is 0 Å². The number of nitrogens with zero attached hydrogens (tertiary/aromatic N) is 3. The number of aromatic nitrogens is 2. The van der Waals surface area contributed by atoms with Crippen molar-refractivity contribution in [2.24, 2.45) is 0 Å². The summed E-state index contributed by atoms with van der Waals surface area (Å²) in [5.41, 5.74) is 17.5. The van der Waals surface area contributed by atoms with Crippen molar-refractivity contribution in [3.05, 3.63) is 237 Å². The first-order valence-corrected chi connectivity index (χ1v) is 20.0. The van der Waals surface area contributed by atoms with Crippen molar-refractivity contribution < 1.29 is 0 Å². The van der Waals surface area contributed by atoms with Crippen LogP contribution in [0.2, 0.25) is 0 Å². The molecule has 0 unspecified atom stereocenters. The van der Waals surface area contributed by atoms with Crippen LogP contribution in [-0.4, -0.2) is 9.97 Å². The number of fused-ring (bicyclic) bond motifs is 1. The maximum Gasteiger partial charge on any atom is 0.0979 e. The first-order chi connectivity index (χ1) is 29.3. The zero-order chi connectivity index (χ0) is 39.4. The normalized spacial score (nSPS) is 11.1. The Kier molecular flexibility index (Phi) is 9.59. The van der Waals surface area contributed by atoms with Crippen LogP contribution in [0, 0.1) is 0 Å². The second kappa shape index (κ2) is 15.9. The first-order valence-electron chi connectivity index (χ1n) is 20.0. The summed E-state index contributed by atoms with van der Waals surface area (Å²) in [5, 5.41) is 0. The van der Waals surface area contributed by atoms with Gasteiger partial charge in [-0.1, -0.05) is 188 Å². The lowest BCUT2D eigenvalue weighted by Crippen LogP contribution is -2.09. The van der Waals surface area contributed by atoms with Crippen LogP contribution < -0.4 is 4.90 Å². The molecule has 278 valence electrons. The molecule has 0 N–H and O–H groups in total. The van der Waals surface area contributed by atoms with E-state index < -0.39 is 0 Å². The number of hydrogen-bond acceptors (Lipinski definition) is 3. The molecule has 0 aliphatic heterocycles. The Morgan fingerprint density at radius 1 is 0.237 bits per heavy atom. The second-order valence-corrected chi connectivity index (χ2v) is 14.6. The lowest BCUT2D eigenvalue weighted by molar-refractivity contribution is 1.27. The number of anilines is 3. The second-order valence-electron chi connectivity index (χ2n) is 14.6. The van der Waals surface area contributed by atoms with Gasteiger partial charge < -0.3 is 4.90 Å². The van der Waals surface area contributed by atoms with Crippen molar-refractivity contribution in [1.82, 2.24) is 9.97 Å². The Hall–Kier alpha value is -7.88. The summed E-state index contributed by atoms with van der Waals surface area (Å²) in [7, 11) is 0. The van der Waals surface area contributed by atoms with E-state index in [2.05, 4.69) is 235 Å². The number of benzene rings is 9. The van der Waals surface area contributed by atoms with Gasteiger partial charge in [-0.3, -0.25) is 0 Å². The van der Waals surface area contributed by atoms with Crippen LogP contribution in [0.5, 0.6) is 0 Å². The monoisotopic (exact) mass is 753 g/mol. The maximum absolute atomic E-state index is 5.68. The van der Waals surface area contributed by atoms with Gasteiger partial charge in [-0.05, 0) is 81.9 Å². The minimum absolute atomic E-state index is 0.830. The summed E-state index contributed by atoms with van der Waals surface area (Å²) < 4.78 is 0. The molecule has 1 aromatic heterocycles. The van der Waals surface area contributed by atoms with Crippen LogP contribution in [0.15, 0.2) is 237 Å². The molecule has 0 bridgehead atoms. The number of hydrogen-bond donors (Lipinski definition) is 0. The Morgan fingerprint density at radius 3 is 0.983 bits per heavy atom. The maximum atomic E-state index is 5.68. The molecule has 1 heterocycles. The van der Waals surface area contributed by atoms with Crippen LogP contribution in [0.25, 0.3) is 78.1 Å². The lowest BCUT2D eigenvalue weighted by atomic mass is 9.93. The third-order valence-electron chi connectivity index (χ3n) is 10.9. The highest BCUT2D eigenvalue weighted by Crippen LogP contribution is 2.41. The molecular weight excluding hydrogens is 715 g/mol. The Morgan fingerprint density at radius 2 is 0.559 bits per heavy atom. The predicted molar refractivity (Wildman–Crippen MR) is 247 cm³/mol. The Bertz CT molecular complexity index is 2960. The molecule has 10 aromatic rings. The molecule has 3 nitrogen and oxygen atoms in total. The van der Waals surface area contributed by atoms with Gasteiger partial charge in [-0.2, -0.15) is 0 Å². The molecule has 0 radical (unpaired) electrons. The van der Waals surface area contributed by atoms with Crippen molar-refractivity contribution in [1.29, 1.82) is 0 Å². The summed E-state index contributed by atoms with van der Waals surface area (Å²) in [5.74, 6) is 0. The van der Waals surface area contributed by atoms with E-state index in [1.54, 1.807) is 0 Å². The highest BCUT2D eigenvalue weighted by atomic mass is 15.1. The molecule has 3 heteroatoms. The molecule has 9 aromatic carbocycles. The van der Waals surface area contributed by atoms with Gasteiger partial charge >= 0.3 is 0 Å². The Labute approximate surface area is 345 Å². The van der Waals surface area contributed by atoms with Gasteiger partial charge in [-0.15, -0.1) is 0 Å². The third-order valence-corrected chi connectivity index (χ3v) is 10.9. The van der Waals surface area contributed by atoms with E-state index in [9.17, 15) is 0 Å². The van der Waals surface area contributed by atoms with Crippen LogP contribution in [-0.2, 0) is 0 Å². The number of para-hydroxylation sites is 2. The van der Waals surface area contributed by atoms with Gasteiger partial charge in [-0.25, -0.2) is 9.97 Å². The van der Waals surface area contributed by atoms with E-state index in [1.165, 1.54) is 11.1 Å². The molecule has 0 saturated heterocycles. The van der Waals surface area contributed by atoms with Crippen molar-refractivity contribution in [2.75, 3.05) is 4.90 Å². The fraction of sp³-hybridized carbons (Fsp3) is 0. The summed E-state index contributed by atoms with van der Waals surface area (Å²) in [6.07, 6.45) is 0. The molecule has 0 spiro atoms. The predicted octanol–water partition coefficient (Wildman–Crippen LogP) is 15.1. The van der Waals surface area contributed by atoms with Crippen LogP contribution in [0.3, 0.4) is 0 Å². The summed E-state index contributed by atoms with van der Waals surface area (Å²) in [6, 6.07) is 83.2. The molecule has 0 aliphatic carbocycles. The quantitative estimate of drug-likeness (QED) is 0.147. The van der Waals surface area contributed by atoms with E-state index in [-0.39, 0.29) is 0 Å². The van der Waals surface area contributed by atoms with Gasteiger partial charge in [0, 0.05) is 39.3 Å². The molecular formula is C56H39N3. The van der Waals surface area contributed by atoms with Crippen LogP contribution in [0.4, 0.5) is 17.1 Å². The average molecular weight is 754 g/mol. The highest BCUT2D eigenvalue weighted by Gasteiger charge is 2.20. The lowest BCUT2D eigenvalue weighted by Gasteiger charge is -2.25. The van der Waals surface area contributed by atoms with Crippen molar-refractivity contribution in [3.8, 4) is 67.0 Å². The third kappa shape index (κ3) is 7.18. The minimum Gasteiger partial charge on any atom is -0.311 e. The molecule has 0 fully saturated rings. The summed E-state index contributed by atoms with van der Waals surface area (Å²) in [6.45, 7) is 0. The summed E-state index contributed by atoms with van der Waals surface area (Å²) >= 11 is 0. The van der Waals surface area contributed by atoms with Crippen LogP contribution in [0.1, 0.15) is 0 Å². The number of rotatable bonds is 9. The first kappa shape index (κ1) is 35.5. The minimum atomic E-state index is 0.830. The fourth-order valence-corrected chi connectivity index (χ4v) is 7.96. The zero-order valence-corrected chi connectivity index (χ0v) is 32.4. The van der Waals surface area contributed by atoms with E-state index >= 15 is 0 Å². The fourth-order valence-electron chi connectivity index (χ4n) is 7.96. The van der Waals surface area contributed by atoms with E-state index in [1.807, 2.05) is 6.07 Å². The van der Waals surface area contributed by atoms with E-state index in [0.29, 0.717) is 0 Å². The topological polar surface area (TPSA) is 29.0 Å². The average Bonchev–Trinajstić information content (AvgIpc) is 3.33. The Balaban J connectivity index is 1.19. The van der Waals surface area contributed by atoms with E-state index in [0.717, 1.165) is 84.0 Å². The summed E-state index contributed by atoms with van der Waals surface area (Å²) in [4.78, 5) is 13.6. The smallest absolute Gasteiger partial charge is 0.0979 e. The molecule has 0 saturated carbocycles. The van der Waals surface area contributed by atoms with Crippen molar-refractivity contribution in [2.45, 2.75) is 0 Å². The SMILES string of the molecule is c1ccc(-c2cccc(-c3ccc(-c4cccc(-c5ccccc5)c4)c4nc(-c5ccc(N(c6ccccc6)c6ccccc6)cc5)c(-c5ccccc5)nc34)c2)cc1. The molecule has 0 amide bonds. The molecule has 0 atom stereocenters. The molecule has 59 heavy (non-hydrogen) atoms.